The minimum absolute atomic E-state index is 0.0751. The molecule has 3 N–H and O–H groups in total. The lowest BCUT2D eigenvalue weighted by atomic mass is 10.2. The minimum Gasteiger partial charge on any atom is -0.481 e. The Balaban J connectivity index is 1.92. The topological polar surface area (TPSA) is 108 Å². The van der Waals surface area contributed by atoms with Crippen LogP contribution in [0.4, 0.5) is 14.5 Å². The van der Waals surface area contributed by atoms with Crippen LogP contribution in [0.1, 0.15) is 17.3 Å². The second-order valence-electron chi connectivity index (χ2n) is 5.37. The second kappa shape index (κ2) is 8.75. The van der Waals surface area contributed by atoms with Crippen molar-refractivity contribution in [2.24, 2.45) is 5.73 Å². The molecule has 0 bridgehead atoms. The van der Waals surface area contributed by atoms with Crippen molar-refractivity contribution in [3.8, 4) is 5.75 Å². The Hall–Kier alpha value is -3.49. The van der Waals surface area contributed by atoms with Crippen molar-refractivity contribution in [1.82, 2.24) is 0 Å². The highest BCUT2D eigenvalue weighted by Crippen LogP contribution is 2.19. The number of nitrogens with two attached hydrogens (primary N) is 1. The maximum absolute atomic E-state index is 13.5. The summed E-state index contributed by atoms with van der Waals surface area (Å²) in [5.74, 6) is -4.44. The largest absolute Gasteiger partial charge is 0.481 e. The summed E-state index contributed by atoms with van der Waals surface area (Å²) in [7, 11) is 0. The van der Waals surface area contributed by atoms with Gasteiger partial charge in [-0.25, -0.2) is 13.6 Å². The second-order valence-corrected chi connectivity index (χ2v) is 5.37. The predicted molar refractivity (Wildman–Crippen MR) is 91.0 cm³/mol. The van der Waals surface area contributed by atoms with Crippen molar-refractivity contribution in [3.63, 3.8) is 0 Å². The minimum atomic E-state index is -1.34. The molecule has 0 spiro atoms. The Morgan fingerprint density at radius 3 is 2.33 bits per heavy atom. The molecule has 0 fully saturated rings. The average molecular weight is 378 g/mol. The van der Waals surface area contributed by atoms with Crippen LogP contribution in [0.3, 0.4) is 0 Å². The molecular formula is C18H16F2N2O5. The van der Waals surface area contributed by atoms with E-state index < -0.39 is 47.8 Å². The van der Waals surface area contributed by atoms with Gasteiger partial charge >= 0.3 is 5.97 Å². The Labute approximate surface area is 153 Å². The van der Waals surface area contributed by atoms with Gasteiger partial charge in [0, 0.05) is 0 Å². The zero-order valence-electron chi connectivity index (χ0n) is 14.2. The number of para-hydroxylation sites is 2. The number of carbonyl (C=O) groups excluding carboxylic acids is 3. The first-order chi connectivity index (χ1) is 12.8. The van der Waals surface area contributed by atoms with E-state index >= 15 is 0 Å². The lowest BCUT2D eigenvalue weighted by Crippen LogP contribution is -2.32. The molecule has 0 aliphatic carbocycles. The van der Waals surface area contributed by atoms with Crippen molar-refractivity contribution < 1.29 is 32.6 Å². The highest BCUT2D eigenvalue weighted by atomic mass is 19.1. The predicted octanol–water partition coefficient (Wildman–Crippen LogP) is 2.01. The third-order valence-corrected chi connectivity index (χ3v) is 3.39. The summed E-state index contributed by atoms with van der Waals surface area (Å²) in [4.78, 5) is 35.0. The number of nitrogens with one attached hydrogen (secondary N) is 1. The molecule has 27 heavy (non-hydrogen) atoms. The number of anilines is 1. The van der Waals surface area contributed by atoms with Crippen molar-refractivity contribution in [2.45, 2.75) is 13.0 Å². The van der Waals surface area contributed by atoms with Gasteiger partial charge in [0.15, 0.2) is 12.7 Å². The zero-order chi connectivity index (χ0) is 20.0. The lowest BCUT2D eigenvalue weighted by Gasteiger charge is -2.15. The summed E-state index contributed by atoms with van der Waals surface area (Å²) < 4.78 is 37.1. The number of primary amides is 1. The van der Waals surface area contributed by atoms with Crippen molar-refractivity contribution in [1.29, 1.82) is 0 Å². The molecule has 0 unspecified atom stereocenters. The number of carbonyl (C=O) groups is 3. The summed E-state index contributed by atoms with van der Waals surface area (Å²) in [5.41, 5.74) is 4.62. The number of halogens is 2. The molecule has 9 heteroatoms. The highest BCUT2D eigenvalue weighted by molar-refractivity contribution is 5.96. The van der Waals surface area contributed by atoms with Gasteiger partial charge in [-0.2, -0.15) is 0 Å². The number of benzene rings is 2. The number of amides is 2. The number of hydrogen-bond donors (Lipinski definition) is 2. The normalized spacial score (nSPS) is 11.4. The summed E-state index contributed by atoms with van der Waals surface area (Å²) in [5, 5.41) is 2.01. The van der Waals surface area contributed by atoms with Gasteiger partial charge in [0.2, 0.25) is 0 Å². The number of rotatable bonds is 7. The van der Waals surface area contributed by atoms with Gasteiger partial charge < -0.3 is 20.5 Å². The van der Waals surface area contributed by atoms with E-state index in [-0.39, 0.29) is 11.3 Å². The lowest BCUT2D eigenvalue weighted by molar-refractivity contribution is -0.155. The number of hydrogen-bond acceptors (Lipinski definition) is 5. The SMILES string of the molecule is C[C@H](OC(=O)COc1ccccc1C(N)=O)C(=O)Nc1c(F)cccc1F. The molecule has 0 radical (unpaired) electrons. The van der Waals surface area contributed by atoms with Gasteiger partial charge in [-0.3, -0.25) is 9.59 Å². The monoisotopic (exact) mass is 378 g/mol. The average Bonchev–Trinajstić information content (AvgIpc) is 2.63. The fourth-order valence-corrected chi connectivity index (χ4v) is 2.06. The fourth-order valence-electron chi connectivity index (χ4n) is 2.06. The molecule has 0 aliphatic rings. The fraction of sp³-hybridized carbons (Fsp3) is 0.167. The highest BCUT2D eigenvalue weighted by Gasteiger charge is 2.21. The summed E-state index contributed by atoms with van der Waals surface area (Å²) in [6, 6.07) is 9.09. The van der Waals surface area contributed by atoms with E-state index in [0.29, 0.717) is 0 Å². The standard InChI is InChI=1S/C18H16F2N2O5/c1-10(18(25)22-16-12(19)6-4-7-13(16)20)27-15(23)9-26-14-8-3-2-5-11(14)17(21)24/h2-8,10H,9H2,1H3,(H2,21,24)(H,22,25)/t10-/m0/s1. The van der Waals surface area contributed by atoms with Gasteiger partial charge in [-0.1, -0.05) is 18.2 Å². The van der Waals surface area contributed by atoms with E-state index in [1.807, 2.05) is 5.32 Å². The molecule has 1 atom stereocenters. The van der Waals surface area contributed by atoms with Crippen LogP contribution in [-0.2, 0) is 14.3 Å². The summed E-state index contributed by atoms with van der Waals surface area (Å²) >= 11 is 0. The first-order valence-corrected chi connectivity index (χ1v) is 7.75. The van der Waals surface area contributed by atoms with Gasteiger partial charge in [-0.05, 0) is 31.2 Å². The maximum atomic E-state index is 13.5. The van der Waals surface area contributed by atoms with Crippen molar-refractivity contribution >= 4 is 23.5 Å². The summed E-state index contributed by atoms with van der Waals surface area (Å²) in [6.07, 6.45) is -1.34. The molecule has 2 amide bonds. The molecular weight excluding hydrogens is 362 g/mol. The van der Waals surface area contributed by atoms with E-state index in [4.69, 9.17) is 15.2 Å². The quantitative estimate of drug-likeness (QED) is 0.717. The molecule has 142 valence electrons. The molecule has 0 saturated heterocycles. The molecule has 0 aliphatic heterocycles. The van der Waals surface area contributed by atoms with Crippen LogP contribution in [-0.4, -0.2) is 30.5 Å². The third-order valence-electron chi connectivity index (χ3n) is 3.39. The van der Waals surface area contributed by atoms with E-state index in [2.05, 4.69) is 0 Å². The van der Waals surface area contributed by atoms with Crippen LogP contribution in [0.5, 0.6) is 5.75 Å². The van der Waals surface area contributed by atoms with Crippen molar-refractivity contribution in [2.75, 3.05) is 11.9 Å². The molecule has 0 saturated carbocycles. The Kier molecular flexibility index (Phi) is 6.42. The van der Waals surface area contributed by atoms with Crippen LogP contribution in [0.15, 0.2) is 42.5 Å². The Morgan fingerprint density at radius 1 is 1.07 bits per heavy atom. The molecule has 2 rings (SSSR count). The zero-order valence-corrected chi connectivity index (χ0v) is 14.2. The Bertz CT molecular complexity index is 852. The number of ether oxygens (including phenoxy) is 2. The third kappa shape index (κ3) is 5.24. The van der Waals surface area contributed by atoms with Crippen LogP contribution < -0.4 is 15.8 Å². The smallest absolute Gasteiger partial charge is 0.344 e. The van der Waals surface area contributed by atoms with Crippen LogP contribution in [0.2, 0.25) is 0 Å². The van der Waals surface area contributed by atoms with Crippen LogP contribution >= 0.6 is 0 Å². The molecule has 0 heterocycles. The molecule has 7 nitrogen and oxygen atoms in total. The first-order valence-electron chi connectivity index (χ1n) is 7.75. The molecule has 2 aromatic rings. The van der Waals surface area contributed by atoms with E-state index in [1.165, 1.54) is 19.1 Å². The number of esters is 1. The van der Waals surface area contributed by atoms with Gasteiger partial charge in [0.1, 0.15) is 23.1 Å². The van der Waals surface area contributed by atoms with Gasteiger partial charge in [0.05, 0.1) is 5.56 Å². The van der Waals surface area contributed by atoms with Gasteiger partial charge in [0.25, 0.3) is 11.8 Å². The first kappa shape index (κ1) is 19.8. The van der Waals surface area contributed by atoms with Crippen LogP contribution in [0, 0.1) is 11.6 Å². The van der Waals surface area contributed by atoms with E-state index in [1.54, 1.807) is 12.1 Å². The molecule has 2 aromatic carbocycles. The Morgan fingerprint density at radius 2 is 1.70 bits per heavy atom. The maximum Gasteiger partial charge on any atom is 0.344 e. The summed E-state index contributed by atoms with van der Waals surface area (Å²) in [6.45, 7) is 0.624. The van der Waals surface area contributed by atoms with E-state index in [0.717, 1.165) is 18.2 Å². The van der Waals surface area contributed by atoms with Crippen LogP contribution in [0.25, 0.3) is 0 Å². The van der Waals surface area contributed by atoms with Crippen molar-refractivity contribution in [3.05, 3.63) is 59.7 Å². The van der Waals surface area contributed by atoms with Gasteiger partial charge in [-0.15, -0.1) is 0 Å². The van der Waals surface area contributed by atoms with E-state index in [9.17, 15) is 23.2 Å². The molecule has 0 aromatic heterocycles.